The highest BCUT2D eigenvalue weighted by atomic mass is 19.1. The van der Waals surface area contributed by atoms with Crippen LogP contribution in [0.3, 0.4) is 0 Å². The molecule has 4 nitrogen and oxygen atoms in total. The second-order valence-electron chi connectivity index (χ2n) is 6.92. The van der Waals surface area contributed by atoms with E-state index in [2.05, 4.69) is 21.6 Å². The molecule has 5 heteroatoms. The number of hydrogen-bond donors (Lipinski definition) is 2. The Balaban J connectivity index is 1.74. The van der Waals surface area contributed by atoms with Crippen LogP contribution in [-0.4, -0.2) is 16.1 Å². The van der Waals surface area contributed by atoms with Crippen molar-refractivity contribution in [1.82, 2.24) is 10.2 Å². The number of carbonyl (C=O) groups is 1. The van der Waals surface area contributed by atoms with Gasteiger partial charge in [-0.05, 0) is 50.5 Å². The van der Waals surface area contributed by atoms with Gasteiger partial charge in [-0.25, -0.2) is 4.39 Å². The van der Waals surface area contributed by atoms with E-state index in [-0.39, 0.29) is 5.91 Å². The predicted molar refractivity (Wildman–Crippen MR) is 99.8 cm³/mol. The third-order valence-corrected chi connectivity index (χ3v) is 4.74. The molecule has 3 aromatic rings. The van der Waals surface area contributed by atoms with E-state index in [1.54, 1.807) is 6.07 Å². The SMILES string of the molecule is Cc1ccc(-c2n[nH]c(C3CC3)c2NC(=O)c2cccc(F)c2)c(C)c1. The molecule has 1 fully saturated rings. The molecule has 1 aliphatic carbocycles. The Morgan fingerprint density at radius 3 is 2.69 bits per heavy atom. The average molecular weight is 349 g/mol. The van der Waals surface area contributed by atoms with Gasteiger partial charge >= 0.3 is 0 Å². The maximum atomic E-state index is 13.5. The van der Waals surface area contributed by atoms with E-state index < -0.39 is 5.82 Å². The van der Waals surface area contributed by atoms with Crippen molar-refractivity contribution in [2.45, 2.75) is 32.6 Å². The van der Waals surface area contributed by atoms with Crippen LogP contribution < -0.4 is 5.32 Å². The van der Waals surface area contributed by atoms with Gasteiger partial charge in [0, 0.05) is 17.0 Å². The molecule has 1 heterocycles. The molecule has 1 saturated carbocycles. The molecule has 4 rings (SSSR count). The molecule has 132 valence electrons. The number of amides is 1. The van der Waals surface area contributed by atoms with Crippen molar-refractivity contribution in [3.63, 3.8) is 0 Å². The van der Waals surface area contributed by atoms with Gasteiger partial charge in [-0.1, -0.05) is 29.8 Å². The lowest BCUT2D eigenvalue weighted by molar-refractivity contribution is 0.102. The summed E-state index contributed by atoms with van der Waals surface area (Å²) in [5, 5.41) is 10.6. The van der Waals surface area contributed by atoms with Gasteiger partial charge in [0.05, 0.1) is 11.4 Å². The Kier molecular flexibility index (Phi) is 4.07. The summed E-state index contributed by atoms with van der Waals surface area (Å²) in [6.07, 6.45) is 2.16. The van der Waals surface area contributed by atoms with Crippen LogP contribution in [0.1, 0.15) is 45.9 Å². The van der Waals surface area contributed by atoms with Crippen molar-refractivity contribution >= 4 is 11.6 Å². The maximum Gasteiger partial charge on any atom is 0.255 e. The van der Waals surface area contributed by atoms with Crippen LogP contribution in [0, 0.1) is 19.7 Å². The zero-order valence-electron chi connectivity index (χ0n) is 14.8. The fourth-order valence-electron chi connectivity index (χ4n) is 3.24. The molecule has 0 atom stereocenters. The lowest BCUT2D eigenvalue weighted by atomic mass is 10.0. The Labute approximate surface area is 151 Å². The van der Waals surface area contributed by atoms with Crippen LogP contribution in [0.5, 0.6) is 0 Å². The number of rotatable bonds is 4. The van der Waals surface area contributed by atoms with Crippen LogP contribution in [0.25, 0.3) is 11.3 Å². The first-order chi connectivity index (χ1) is 12.5. The standard InChI is InChI=1S/C21H20FN3O/c1-12-6-9-17(13(2)10-12)19-20(18(24-25-19)14-7-8-14)23-21(26)15-4-3-5-16(22)11-15/h3-6,9-11,14H,7-8H2,1-2H3,(H,23,26)(H,24,25). The number of aromatic nitrogens is 2. The number of aromatic amines is 1. The van der Waals surface area contributed by atoms with Crippen molar-refractivity contribution in [1.29, 1.82) is 0 Å². The number of aryl methyl sites for hydroxylation is 2. The molecule has 26 heavy (non-hydrogen) atoms. The Morgan fingerprint density at radius 2 is 2.00 bits per heavy atom. The molecule has 0 radical (unpaired) electrons. The highest BCUT2D eigenvalue weighted by Gasteiger charge is 2.31. The summed E-state index contributed by atoms with van der Waals surface area (Å²) in [4.78, 5) is 12.7. The molecule has 1 aromatic heterocycles. The van der Waals surface area contributed by atoms with Crippen LogP contribution >= 0.6 is 0 Å². The number of hydrogen-bond acceptors (Lipinski definition) is 2. The number of anilines is 1. The summed E-state index contributed by atoms with van der Waals surface area (Å²) < 4.78 is 13.5. The normalized spacial score (nSPS) is 13.7. The van der Waals surface area contributed by atoms with Gasteiger partial charge in [0.1, 0.15) is 11.5 Å². The van der Waals surface area contributed by atoms with E-state index >= 15 is 0 Å². The van der Waals surface area contributed by atoms with Crippen molar-refractivity contribution < 1.29 is 9.18 Å². The van der Waals surface area contributed by atoms with Crippen molar-refractivity contribution in [2.24, 2.45) is 0 Å². The van der Waals surface area contributed by atoms with E-state index in [9.17, 15) is 9.18 Å². The topological polar surface area (TPSA) is 57.8 Å². The van der Waals surface area contributed by atoms with E-state index in [1.807, 2.05) is 26.0 Å². The minimum absolute atomic E-state index is 0.291. The van der Waals surface area contributed by atoms with Gasteiger partial charge in [0.15, 0.2) is 0 Å². The summed E-state index contributed by atoms with van der Waals surface area (Å²) in [6.45, 7) is 4.08. The molecule has 0 saturated heterocycles. The van der Waals surface area contributed by atoms with Gasteiger partial charge < -0.3 is 5.32 Å². The van der Waals surface area contributed by atoms with Crippen LogP contribution in [-0.2, 0) is 0 Å². The molecular weight excluding hydrogens is 329 g/mol. The zero-order valence-corrected chi connectivity index (χ0v) is 14.8. The van der Waals surface area contributed by atoms with Crippen molar-refractivity contribution in [3.8, 4) is 11.3 Å². The number of carbonyl (C=O) groups excluding carboxylic acids is 1. The van der Waals surface area contributed by atoms with Crippen molar-refractivity contribution in [2.75, 3.05) is 5.32 Å². The summed E-state index contributed by atoms with van der Waals surface area (Å²) in [5.41, 5.74) is 5.93. The van der Waals surface area contributed by atoms with Crippen LogP contribution in [0.2, 0.25) is 0 Å². The molecular formula is C21H20FN3O. The van der Waals surface area contributed by atoms with Gasteiger partial charge in [-0.3, -0.25) is 9.89 Å². The van der Waals surface area contributed by atoms with E-state index in [0.717, 1.165) is 35.4 Å². The first-order valence-corrected chi connectivity index (χ1v) is 8.75. The molecule has 0 spiro atoms. The smallest absolute Gasteiger partial charge is 0.255 e. The van der Waals surface area contributed by atoms with Gasteiger partial charge in [0.25, 0.3) is 5.91 Å². The first kappa shape index (κ1) is 16.5. The zero-order chi connectivity index (χ0) is 18.3. The maximum absolute atomic E-state index is 13.5. The number of halogens is 1. The highest BCUT2D eigenvalue weighted by Crippen LogP contribution is 2.45. The Morgan fingerprint density at radius 1 is 1.19 bits per heavy atom. The number of benzene rings is 2. The lowest BCUT2D eigenvalue weighted by Crippen LogP contribution is -2.13. The second kappa shape index (κ2) is 6.41. The minimum atomic E-state index is -0.429. The molecule has 1 amide bonds. The summed E-state index contributed by atoms with van der Waals surface area (Å²) in [5.74, 6) is -0.370. The molecule has 1 aliphatic rings. The first-order valence-electron chi connectivity index (χ1n) is 8.75. The van der Waals surface area contributed by atoms with Gasteiger partial charge in [0.2, 0.25) is 0 Å². The summed E-state index contributed by atoms with van der Waals surface area (Å²) >= 11 is 0. The highest BCUT2D eigenvalue weighted by molar-refractivity contribution is 6.06. The molecule has 2 N–H and O–H groups in total. The van der Waals surface area contributed by atoms with Crippen LogP contribution in [0.4, 0.5) is 10.1 Å². The monoisotopic (exact) mass is 349 g/mol. The summed E-state index contributed by atoms with van der Waals surface area (Å²) in [7, 11) is 0. The van der Waals surface area contributed by atoms with Gasteiger partial charge in [-0.2, -0.15) is 5.10 Å². The van der Waals surface area contributed by atoms with E-state index in [4.69, 9.17) is 0 Å². The predicted octanol–water partition coefficient (Wildman–Crippen LogP) is 4.96. The average Bonchev–Trinajstić information content (AvgIpc) is 3.37. The largest absolute Gasteiger partial charge is 0.319 e. The Bertz CT molecular complexity index is 989. The minimum Gasteiger partial charge on any atom is -0.319 e. The number of H-pyrrole nitrogens is 1. The number of nitrogens with zero attached hydrogens (tertiary/aromatic N) is 1. The van der Waals surface area contributed by atoms with E-state index in [0.29, 0.717) is 17.2 Å². The second-order valence-corrected chi connectivity index (χ2v) is 6.92. The van der Waals surface area contributed by atoms with Crippen LogP contribution in [0.15, 0.2) is 42.5 Å². The quantitative estimate of drug-likeness (QED) is 0.699. The molecule has 2 aromatic carbocycles. The molecule has 0 unspecified atom stereocenters. The lowest BCUT2D eigenvalue weighted by Gasteiger charge is -2.10. The molecule has 0 aliphatic heterocycles. The Hall–Kier alpha value is -2.95. The fourth-order valence-corrected chi connectivity index (χ4v) is 3.24. The van der Waals surface area contributed by atoms with Crippen molar-refractivity contribution in [3.05, 3.63) is 70.7 Å². The number of nitrogens with one attached hydrogen (secondary N) is 2. The van der Waals surface area contributed by atoms with Gasteiger partial charge in [-0.15, -0.1) is 0 Å². The fraction of sp³-hybridized carbons (Fsp3) is 0.238. The summed E-state index contributed by atoms with van der Waals surface area (Å²) in [6, 6.07) is 11.9. The molecule has 0 bridgehead atoms. The third-order valence-electron chi connectivity index (χ3n) is 4.74. The third kappa shape index (κ3) is 3.12. The van der Waals surface area contributed by atoms with E-state index in [1.165, 1.54) is 23.8 Å².